The number of halogens is 1. The number of rotatable bonds is 2. The van der Waals surface area contributed by atoms with Crippen molar-refractivity contribution in [3.63, 3.8) is 0 Å². The quantitative estimate of drug-likeness (QED) is 0.729. The summed E-state index contributed by atoms with van der Waals surface area (Å²) < 4.78 is 1.72. The van der Waals surface area contributed by atoms with Crippen molar-refractivity contribution < 1.29 is 4.79 Å². The molecule has 0 saturated heterocycles. The first-order valence-corrected chi connectivity index (χ1v) is 4.82. The zero-order valence-corrected chi connectivity index (χ0v) is 8.90. The number of hydrogen-bond acceptors (Lipinski definition) is 2. The third-order valence-electron chi connectivity index (χ3n) is 2.17. The Balaban J connectivity index is 2.46. The lowest BCUT2D eigenvalue weighted by Crippen LogP contribution is -1.85. The predicted octanol–water partition coefficient (Wildman–Crippen LogP) is 2.55. The fourth-order valence-electron chi connectivity index (χ4n) is 1.37. The number of aromatic nitrogens is 2. The molecular formula is C11H9ClN2O. The largest absolute Gasteiger partial charge is 0.298 e. The van der Waals surface area contributed by atoms with Gasteiger partial charge in [-0.1, -0.05) is 17.7 Å². The number of aryl methyl sites for hydroxylation is 1. The zero-order valence-electron chi connectivity index (χ0n) is 8.14. The maximum atomic E-state index is 10.6. The molecule has 3 nitrogen and oxygen atoms in total. The summed E-state index contributed by atoms with van der Waals surface area (Å²) in [5, 5.41) is 4.53. The van der Waals surface area contributed by atoms with Crippen LogP contribution in [0.15, 0.2) is 30.6 Å². The van der Waals surface area contributed by atoms with Crippen molar-refractivity contribution in [2.24, 2.45) is 7.05 Å². The second-order valence-electron chi connectivity index (χ2n) is 3.26. The van der Waals surface area contributed by atoms with Crippen molar-refractivity contribution in [2.75, 3.05) is 0 Å². The molecule has 0 radical (unpaired) electrons. The molecular weight excluding hydrogens is 212 g/mol. The highest BCUT2D eigenvalue weighted by molar-refractivity contribution is 6.33. The minimum atomic E-state index is 0.464. The van der Waals surface area contributed by atoms with E-state index in [1.54, 1.807) is 23.0 Å². The lowest BCUT2D eigenvalue weighted by atomic mass is 10.1. The predicted molar refractivity (Wildman–Crippen MR) is 59.0 cm³/mol. The summed E-state index contributed by atoms with van der Waals surface area (Å²) in [6, 6.07) is 5.33. The van der Waals surface area contributed by atoms with Crippen LogP contribution >= 0.6 is 11.6 Å². The highest BCUT2D eigenvalue weighted by atomic mass is 35.5. The van der Waals surface area contributed by atoms with Crippen LogP contribution in [0.1, 0.15) is 10.4 Å². The topological polar surface area (TPSA) is 34.9 Å². The number of carbonyl (C=O) groups is 1. The molecule has 0 spiro atoms. The molecule has 1 aromatic heterocycles. The Kier molecular flexibility index (Phi) is 2.56. The van der Waals surface area contributed by atoms with Crippen molar-refractivity contribution in [3.8, 4) is 11.1 Å². The molecule has 2 aromatic rings. The van der Waals surface area contributed by atoms with Crippen molar-refractivity contribution in [1.29, 1.82) is 0 Å². The van der Waals surface area contributed by atoms with Crippen LogP contribution in [0.5, 0.6) is 0 Å². The number of hydrogen-bond donors (Lipinski definition) is 0. The van der Waals surface area contributed by atoms with E-state index in [1.807, 2.05) is 19.3 Å². The van der Waals surface area contributed by atoms with Crippen molar-refractivity contribution in [3.05, 3.63) is 41.2 Å². The maximum Gasteiger partial charge on any atom is 0.151 e. The molecule has 4 heteroatoms. The van der Waals surface area contributed by atoms with E-state index in [2.05, 4.69) is 5.10 Å². The normalized spacial score (nSPS) is 10.3. The van der Waals surface area contributed by atoms with Crippen molar-refractivity contribution in [2.45, 2.75) is 0 Å². The van der Waals surface area contributed by atoms with E-state index < -0.39 is 0 Å². The third-order valence-corrected chi connectivity index (χ3v) is 2.49. The fraction of sp³-hybridized carbons (Fsp3) is 0.0909. The van der Waals surface area contributed by atoms with Crippen molar-refractivity contribution >= 4 is 17.9 Å². The standard InChI is InChI=1S/C11H9ClN2O/c1-14-6-10(5-13-14)8-2-3-9(7-15)11(12)4-8/h2-7H,1H3. The van der Waals surface area contributed by atoms with Gasteiger partial charge in [0.05, 0.1) is 11.2 Å². The molecule has 1 heterocycles. The van der Waals surface area contributed by atoms with Gasteiger partial charge in [-0.05, 0) is 17.7 Å². The van der Waals surface area contributed by atoms with Gasteiger partial charge < -0.3 is 0 Å². The Morgan fingerprint density at radius 1 is 1.40 bits per heavy atom. The molecule has 0 bridgehead atoms. The first kappa shape index (κ1) is 9.93. The summed E-state index contributed by atoms with van der Waals surface area (Å²) in [6.07, 6.45) is 4.40. The third kappa shape index (κ3) is 1.92. The second kappa shape index (κ2) is 3.87. The van der Waals surface area contributed by atoms with Gasteiger partial charge in [-0.2, -0.15) is 5.10 Å². The fourth-order valence-corrected chi connectivity index (χ4v) is 1.60. The van der Waals surface area contributed by atoms with Gasteiger partial charge in [0, 0.05) is 24.4 Å². The molecule has 2 rings (SSSR count). The first-order chi connectivity index (χ1) is 7.20. The van der Waals surface area contributed by atoms with Gasteiger partial charge in [0.25, 0.3) is 0 Å². The molecule has 0 atom stereocenters. The van der Waals surface area contributed by atoms with Gasteiger partial charge in [0.1, 0.15) is 0 Å². The smallest absolute Gasteiger partial charge is 0.151 e. The number of nitrogens with zero attached hydrogens (tertiary/aromatic N) is 2. The molecule has 1 aromatic carbocycles. The molecule has 0 fully saturated rings. The van der Waals surface area contributed by atoms with Crippen LogP contribution in [0, 0.1) is 0 Å². The minimum Gasteiger partial charge on any atom is -0.298 e. The maximum absolute atomic E-state index is 10.6. The summed E-state index contributed by atoms with van der Waals surface area (Å²) in [5.41, 5.74) is 2.44. The zero-order chi connectivity index (χ0) is 10.8. The number of aldehydes is 1. The van der Waals surface area contributed by atoms with Gasteiger partial charge in [-0.3, -0.25) is 9.48 Å². The second-order valence-corrected chi connectivity index (χ2v) is 3.66. The number of benzene rings is 1. The molecule has 76 valence electrons. The molecule has 0 amide bonds. The average Bonchev–Trinajstić information content (AvgIpc) is 2.65. The summed E-state index contributed by atoms with van der Waals surface area (Å²) in [5.74, 6) is 0. The molecule has 0 N–H and O–H groups in total. The summed E-state index contributed by atoms with van der Waals surface area (Å²) in [4.78, 5) is 10.6. The monoisotopic (exact) mass is 220 g/mol. The lowest BCUT2D eigenvalue weighted by Gasteiger charge is -2.00. The van der Waals surface area contributed by atoms with E-state index in [4.69, 9.17) is 11.6 Å². The van der Waals surface area contributed by atoms with Crippen LogP contribution in [0.25, 0.3) is 11.1 Å². The van der Waals surface area contributed by atoms with Gasteiger partial charge in [0.2, 0.25) is 0 Å². The van der Waals surface area contributed by atoms with Crippen LogP contribution in [0.4, 0.5) is 0 Å². The lowest BCUT2D eigenvalue weighted by molar-refractivity contribution is 0.112. The highest BCUT2D eigenvalue weighted by Gasteiger charge is 2.04. The Hall–Kier alpha value is -1.61. The van der Waals surface area contributed by atoms with Gasteiger partial charge in [0.15, 0.2) is 6.29 Å². The van der Waals surface area contributed by atoms with Crippen LogP contribution in [-0.2, 0) is 7.05 Å². The Morgan fingerprint density at radius 2 is 2.20 bits per heavy atom. The molecule has 0 aliphatic heterocycles. The number of carbonyl (C=O) groups excluding carboxylic acids is 1. The van der Waals surface area contributed by atoms with Gasteiger partial charge >= 0.3 is 0 Å². The SMILES string of the molecule is Cn1cc(-c2ccc(C=O)c(Cl)c2)cn1. The molecule has 15 heavy (non-hydrogen) atoms. The Morgan fingerprint density at radius 3 is 2.73 bits per heavy atom. The van der Waals surface area contributed by atoms with E-state index in [1.165, 1.54) is 0 Å². The Labute approximate surface area is 92.3 Å². The van der Waals surface area contributed by atoms with E-state index in [9.17, 15) is 4.79 Å². The minimum absolute atomic E-state index is 0.464. The van der Waals surface area contributed by atoms with Gasteiger partial charge in [-0.15, -0.1) is 0 Å². The van der Waals surface area contributed by atoms with E-state index in [-0.39, 0.29) is 0 Å². The molecule has 0 unspecified atom stereocenters. The molecule has 0 saturated carbocycles. The van der Waals surface area contributed by atoms with Crippen LogP contribution < -0.4 is 0 Å². The van der Waals surface area contributed by atoms with E-state index >= 15 is 0 Å². The summed E-state index contributed by atoms with van der Waals surface area (Å²) in [7, 11) is 1.85. The molecule has 0 aliphatic rings. The summed E-state index contributed by atoms with van der Waals surface area (Å²) >= 11 is 5.93. The van der Waals surface area contributed by atoms with Crippen LogP contribution in [0.3, 0.4) is 0 Å². The van der Waals surface area contributed by atoms with E-state index in [0.717, 1.165) is 17.4 Å². The highest BCUT2D eigenvalue weighted by Crippen LogP contribution is 2.24. The summed E-state index contributed by atoms with van der Waals surface area (Å²) in [6.45, 7) is 0. The van der Waals surface area contributed by atoms with Crippen LogP contribution in [0.2, 0.25) is 5.02 Å². The van der Waals surface area contributed by atoms with Gasteiger partial charge in [-0.25, -0.2) is 0 Å². The Bertz CT molecular complexity index is 505. The first-order valence-electron chi connectivity index (χ1n) is 4.44. The van der Waals surface area contributed by atoms with Crippen LogP contribution in [-0.4, -0.2) is 16.1 Å². The average molecular weight is 221 g/mol. The van der Waals surface area contributed by atoms with E-state index in [0.29, 0.717) is 10.6 Å². The molecule has 0 aliphatic carbocycles. The van der Waals surface area contributed by atoms with Crippen molar-refractivity contribution in [1.82, 2.24) is 9.78 Å².